The largest absolute Gasteiger partial charge is 0.392 e. The summed E-state index contributed by atoms with van der Waals surface area (Å²) in [4.78, 5) is 15.2. The highest BCUT2D eigenvalue weighted by Crippen LogP contribution is 2.53. The van der Waals surface area contributed by atoms with Gasteiger partial charge in [-0.05, 0) is 69.5 Å². The number of carbonyl (C=O) groups excluding carboxylic acids is 1. The first-order valence-corrected chi connectivity index (χ1v) is 18.6. The van der Waals surface area contributed by atoms with Gasteiger partial charge in [0.2, 0.25) is 0 Å². The molecule has 4 aromatic carbocycles. The Hall–Kier alpha value is -4.01. The maximum atomic E-state index is 12.4. The third-order valence-electron chi connectivity index (χ3n) is 11.3. The molecule has 0 spiro atoms. The Kier molecular flexibility index (Phi) is 10.4. The minimum Gasteiger partial charge on any atom is -0.392 e. The van der Waals surface area contributed by atoms with E-state index in [9.17, 15) is 9.90 Å². The summed E-state index contributed by atoms with van der Waals surface area (Å²) in [7, 11) is 0. The van der Waals surface area contributed by atoms with Gasteiger partial charge in [-0.15, -0.1) is 0 Å². The fourth-order valence-electron chi connectivity index (χ4n) is 9.07. The smallest absolute Gasteiger partial charge is 0.315 e. The van der Waals surface area contributed by atoms with Crippen molar-refractivity contribution in [2.24, 2.45) is 16.7 Å². The molecule has 3 fully saturated rings. The van der Waals surface area contributed by atoms with E-state index in [1.54, 1.807) is 0 Å². The minimum absolute atomic E-state index is 0.00563. The lowest BCUT2D eigenvalue weighted by atomic mass is 9.65. The van der Waals surface area contributed by atoms with E-state index in [1.165, 1.54) is 19.3 Å². The van der Waals surface area contributed by atoms with E-state index in [0.29, 0.717) is 30.0 Å². The van der Waals surface area contributed by atoms with Crippen LogP contribution < -0.4 is 10.6 Å². The average Bonchev–Trinajstić information content (AvgIpc) is 3.38. The Labute approximate surface area is 303 Å². The number of rotatable bonds is 10. The highest BCUT2D eigenvalue weighted by Gasteiger charge is 2.51. The summed E-state index contributed by atoms with van der Waals surface area (Å²) in [5, 5.41) is 15.6. The molecule has 2 heterocycles. The summed E-state index contributed by atoms with van der Waals surface area (Å²) in [6.07, 6.45) is 3.15. The summed E-state index contributed by atoms with van der Waals surface area (Å²) in [5.41, 5.74) is 7.99. The monoisotopic (exact) mass is 687 g/mol. The maximum Gasteiger partial charge on any atom is 0.315 e. The topological polar surface area (TPSA) is 83.1 Å². The molecule has 7 nitrogen and oxygen atoms in total. The van der Waals surface area contributed by atoms with E-state index < -0.39 is 6.29 Å². The molecule has 3 N–H and O–H groups in total. The third-order valence-corrected chi connectivity index (χ3v) is 11.3. The number of hydrogen-bond donors (Lipinski definition) is 3. The average molecular weight is 688 g/mol. The van der Waals surface area contributed by atoms with Gasteiger partial charge in [0.05, 0.1) is 18.8 Å². The summed E-state index contributed by atoms with van der Waals surface area (Å²) in [6.45, 7) is 12.6. The molecule has 51 heavy (non-hydrogen) atoms. The Balaban J connectivity index is 1.05. The minimum atomic E-state index is -0.498. The molecule has 2 bridgehead atoms. The Morgan fingerprint density at radius 2 is 1.47 bits per heavy atom. The second kappa shape index (κ2) is 14.9. The fourth-order valence-corrected chi connectivity index (χ4v) is 9.07. The van der Waals surface area contributed by atoms with Crippen molar-refractivity contribution in [1.29, 1.82) is 0 Å². The van der Waals surface area contributed by atoms with Crippen molar-refractivity contribution in [2.75, 3.05) is 13.1 Å². The Morgan fingerprint density at radius 1 is 0.784 bits per heavy atom. The van der Waals surface area contributed by atoms with Crippen molar-refractivity contribution in [3.63, 3.8) is 0 Å². The molecule has 3 aliphatic rings. The molecule has 4 aromatic rings. The quantitative estimate of drug-likeness (QED) is 0.156. The summed E-state index contributed by atoms with van der Waals surface area (Å²) < 4.78 is 13.7. The maximum absolute atomic E-state index is 12.4. The number of carbonyl (C=O) groups is 1. The number of ether oxygens (including phenoxy) is 2. The van der Waals surface area contributed by atoms with Crippen LogP contribution in [0.15, 0.2) is 103 Å². The number of likely N-dealkylation sites (tertiary alicyclic amines) is 1. The molecule has 7 heteroatoms. The van der Waals surface area contributed by atoms with Crippen LogP contribution in [0, 0.1) is 16.7 Å². The van der Waals surface area contributed by atoms with Crippen molar-refractivity contribution in [1.82, 2.24) is 15.5 Å². The van der Waals surface area contributed by atoms with Gasteiger partial charge in [0.25, 0.3) is 0 Å². The fraction of sp³-hybridized carbons (Fsp3) is 0.432. The molecule has 6 unspecified atom stereocenters. The van der Waals surface area contributed by atoms with Gasteiger partial charge in [0.1, 0.15) is 0 Å². The van der Waals surface area contributed by atoms with Crippen molar-refractivity contribution >= 4 is 6.03 Å². The lowest BCUT2D eigenvalue weighted by Gasteiger charge is -2.43. The molecule has 6 atom stereocenters. The van der Waals surface area contributed by atoms with Crippen LogP contribution >= 0.6 is 0 Å². The van der Waals surface area contributed by atoms with E-state index in [1.807, 2.05) is 54.6 Å². The van der Waals surface area contributed by atoms with E-state index in [0.717, 1.165) is 52.0 Å². The highest BCUT2D eigenvalue weighted by atomic mass is 16.7. The number of urea groups is 1. The van der Waals surface area contributed by atoms with Crippen molar-refractivity contribution in [2.45, 2.75) is 91.2 Å². The summed E-state index contributed by atoms with van der Waals surface area (Å²) in [6, 6.07) is 35.2. The van der Waals surface area contributed by atoms with Gasteiger partial charge in [-0.3, -0.25) is 4.90 Å². The van der Waals surface area contributed by atoms with Crippen LogP contribution in [0.4, 0.5) is 4.79 Å². The van der Waals surface area contributed by atoms with Gasteiger partial charge in [-0.2, -0.15) is 0 Å². The number of aliphatic hydroxyl groups excluding tert-OH is 1. The number of aliphatic hydroxyl groups is 1. The number of hydrogen-bond acceptors (Lipinski definition) is 5. The molecule has 2 aliphatic heterocycles. The van der Waals surface area contributed by atoms with Crippen LogP contribution in [0.25, 0.3) is 11.1 Å². The lowest BCUT2D eigenvalue weighted by molar-refractivity contribution is -0.276. The number of nitrogens with one attached hydrogen (secondary N) is 2. The van der Waals surface area contributed by atoms with Gasteiger partial charge in [-0.25, -0.2) is 4.79 Å². The number of amides is 2. The van der Waals surface area contributed by atoms with Crippen LogP contribution in [0.1, 0.15) is 87.2 Å². The Morgan fingerprint density at radius 3 is 2.20 bits per heavy atom. The number of fused-ring (bicyclic) bond motifs is 2. The first-order valence-electron chi connectivity index (χ1n) is 18.6. The van der Waals surface area contributed by atoms with Crippen molar-refractivity contribution < 1.29 is 19.4 Å². The predicted molar refractivity (Wildman–Crippen MR) is 201 cm³/mol. The second-order valence-corrected chi connectivity index (χ2v) is 16.3. The molecular formula is C44H53N3O4. The van der Waals surface area contributed by atoms with Crippen LogP contribution in [0.3, 0.4) is 0 Å². The molecule has 2 saturated heterocycles. The van der Waals surface area contributed by atoms with E-state index in [4.69, 9.17) is 9.47 Å². The predicted octanol–water partition coefficient (Wildman–Crippen LogP) is 8.54. The second-order valence-electron chi connectivity index (χ2n) is 16.3. The van der Waals surface area contributed by atoms with Crippen molar-refractivity contribution in [3.8, 4) is 11.1 Å². The SMILES string of the molecule is CC1C(CN2CC3(C)CC2CC(C)(C)C3)OC(c2ccc(-c3cccc(CNC(=O)NCc4ccccc4)c3)cc2)OC1c1ccc(CO)cc1. The highest BCUT2D eigenvalue weighted by molar-refractivity contribution is 5.74. The summed E-state index contributed by atoms with van der Waals surface area (Å²) >= 11 is 0. The van der Waals surface area contributed by atoms with E-state index in [-0.39, 0.29) is 30.8 Å². The summed E-state index contributed by atoms with van der Waals surface area (Å²) in [5.74, 6) is 0.151. The standard InChI is InChI=1S/C44H53N3O4/c1-30-39(26-47-29-44(4)23-38(47)22-43(2,3)28-44)50-41(51-40(30)35-15-13-32(27-48)14-16-35)36-19-17-34(18-20-36)37-12-8-11-33(21-37)25-46-42(49)45-24-31-9-6-5-7-10-31/h5-21,30,38-41,48H,22-29H2,1-4H3,(H2,45,46,49). The number of nitrogens with zero attached hydrogens (tertiary/aromatic N) is 1. The first-order chi connectivity index (χ1) is 24.6. The molecule has 7 rings (SSSR count). The van der Waals surface area contributed by atoms with Gasteiger partial charge in [0, 0.05) is 43.7 Å². The van der Waals surface area contributed by atoms with Gasteiger partial charge < -0.3 is 25.2 Å². The van der Waals surface area contributed by atoms with Crippen LogP contribution in [-0.2, 0) is 29.2 Å². The van der Waals surface area contributed by atoms with Gasteiger partial charge >= 0.3 is 6.03 Å². The van der Waals surface area contributed by atoms with Gasteiger partial charge in [0.15, 0.2) is 6.29 Å². The van der Waals surface area contributed by atoms with E-state index in [2.05, 4.69) is 91.8 Å². The zero-order valence-electron chi connectivity index (χ0n) is 30.5. The van der Waals surface area contributed by atoms with Crippen molar-refractivity contribution in [3.05, 3.63) is 131 Å². The lowest BCUT2D eigenvalue weighted by Crippen LogP contribution is -2.46. The van der Waals surface area contributed by atoms with E-state index >= 15 is 0 Å². The normalized spacial score (nSPS) is 27.2. The first kappa shape index (κ1) is 35.4. The molecule has 0 aromatic heterocycles. The Bertz CT molecular complexity index is 1780. The molecular weight excluding hydrogens is 635 g/mol. The molecule has 2 amide bonds. The molecule has 1 saturated carbocycles. The van der Waals surface area contributed by atoms with Crippen LogP contribution in [0.5, 0.6) is 0 Å². The number of benzene rings is 4. The third kappa shape index (κ3) is 8.39. The zero-order chi connectivity index (χ0) is 35.6. The molecule has 0 radical (unpaired) electrons. The molecule has 268 valence electrons. The zero-order valence-corrected chi connectivity index (χ0v) is 30.5. The van der Waals surface area contributed by atoms with Crippen LogP contribution in [-0.4, -0.2) is 41.3 Å². The molecule has 1 aliphatic carbocycles. The van der Waals surface area contributed by atoms with Crippen LogP contribution in [0.2, 0.25) is 0 Å². The van der Waals surface area contributed by atoms with Gasteiger partial charge in [-0.1, -0.05) is 125 Å².